The van der Waals surface area contributed by atoms with Gasteiger partial charge < -0.3 is 14.2 Å². The van der Waals surface area contributed by atoms with Crippen molar-refractivity contribution in [2.75, 3.05) is 13.7 Å². The van der Waals surface area contributed by atoms with E-state index in [9.17, 15) is 4.79 Å². The molecule has 0 saturated carbocycles. The van der Waals surface area contributed by atoms with E-state index in [1.165, 1.54) is 0 Å². The number of nitrogens with one attached hydrogen (secondary N) is 1. The van der Waals surface area contributed by atoms with Crippen molar-refractivity contribution in [3.05, 3.63) is 35.2 Å². The largest absolute Gasteiger partial charge is 0.377 e. The number of aryl methyl sites for hydroxylation is 2. The lowest BCUT2D eigenvalue weighted by Crippen LogP contribution is -2.40. The number of likely N-dealkylation sites (tertiary alicyclic amines) is 1. The van der Waals surface area contributed by atoms with Gasteiger partial charge in [-0.05, 0) is 37.8 Å². The van der Waals surface area contributed by atoms with Crippen molar-refractivity contribution in [2.24, 2.45) is 7.05 Å². The van der Waals surface area contributed by atoms with Crippen LogP contribution in [0.1, 0.15) is 53.0 Å². The summed E-state index contributed by atoms with van der Waals surface area (Å²) in [5, 5.41) is 7.19. The number of hydrogen-bond donors (Lipinski definition) is 1. The van der Waals surface area contributed by atoms with Crippen molar-refractivity contribution >= 4 is 5.91 Å². The van der Waals surface area contributed by atoms with E-state index in [0.29, 0.717) is 18.3 Å². The molecule has 23 heavy (non-hydrogen) atoms. The molecule has 0 aliphatic carbocycles. The summed E-state index contributed by atoms with van der Waals surface area (Å²) >= 11 is 0. The minimum Gasteiger partial charge on any atom is -0.377 e. The molecule has 7 heteroatoms. The molecule has 124 valence electrons. The molecule has 1 unspecified atom stereocenters. The predicted octanol–water partition coefficient (Wildman–Crippen LogP) is 1.97. The summed E-state index contributed by atoms with van der Waals surface area (Å²) in [6.07, 6.45) is 4.90. The smallest absolute Gasteiger partial charge is 0.271 e. The van der Waals surface area contributed by atoms with Crippen molar-refractivity contribution in [2.45, 2.75) is 38.8 Å². The molecule has 0 aromatic carbocycles. The number of piperidine rings is 1. The minimum absolute atomic E-state index is 0.0535. The topological polar surface area (TPSA) is 76.0 Å². The van der Waals surface area contributed by atoms with Crippen LogP contribution in [0.25, 0.3) is 0 Å². The maximum Gasteiger partial charge on any atom is 0.271 e. The Kier molecular flexibility index (Phi) is 4.47. The van der Waals surface area contributed by atoms with Gasteiger partial charge in [-0.15, -0.1) is 0 Å². The van der Waals surface area contributed by atoms with Crippen LogP contribution in [0.3, 0.4) is 0 Å². The minimum atomic E-state index is -0.0765. The number of rotatable bonds is 4. The Bertz CT molecular complexity index is 671. The summed E-state index contributed by atoms with van der Waals surface area (Å²) < 4.78 is 6.96. The Balaban J connectivity index is 1.87. The van der Waals surface area contributed by atoms with Gasteiger partial charge in [0.15, 0.2) is 11.6 Å². The molecule has 2 aromatic heterocycles. The molecular formula is C16H23N5O2. The third kappa shape index (κ3) is 3.01. The van der Waals surface area contributed by atoms with Crippen molar-refractivity contribution in [1.82, 2.24) is 24.6 Å². The van der Waals surface area contributed by atoms with Crippen molar-refractivity contribution in [3.63, 3.8) is 0 Å². The molecule has 1 aliphatic rings. The molecule has 0 radical (unpaired) electrons. The fraction of sp³-hybridized carbons (Fsp3) is 0.562. The Labute approximate surface area is 135 Å². The second-order valence-electron chi connectivity index (χ2n) is 6.04. The van der Waals surface area contributed by atoms with Crippen LogP contribution >= 0.6 is 0 Å². The summed E-state index contributed by atoms with van der Waals surface area (Å²) in [7, 11) is 3.53. The number of aromatic nitrogens is 4. The number of carbonyl (C=O) groups excluding carboxylic acids is 1. The van der Waals surface area contributed by atoms with Gasteiger partial charge in [0.2, 0.25) is 0 Å². The van der Waals surface area contributed by atoms with Crippen LogP contribution in [0.15, 0.2) is 12.3 Å². The van der Waals surface area contributed by atoms with Crippen molar-refractivity contribution in [1.29, 1.82) is 0 Å². The van der Waals surface area contributed by atoms with Crippen molar-refractivity contribution < 1.29 is 9.53 Å². The molecule has 3 rings (SSSR count). The van der Waals surface area contributed by atoms with Crippen LogP contribution in [0.2, 0.25) is 0 Å². The highest BCUT2D eigenvalue weighted by Crippen LogP contribution is 2.30. The van der Waals surface area contributed by atoms with Crippen LogP contribution < -0.4 is 0 Å². The Morgan fingerprint density at radius 2 is 2.30 bits per heavy atom. The molecule has 2 aromatic rings. The van der Waals surface area contributed by atoms with Crippen LogP contribution in [-0.2, 0) is 18.4 Å². The maximum atomic E-state index is 13.0. The fourth-order valence-electron chi connectivity index (χ4n) is 3.21. The van der Waals surface area contributed by atoms with E-state index in [2.05, 4.69) is 15.2 Å². The van der Waals surface area contributed by atoms with Gasteiger partial charge in [-0.1, -0.05) is 0 Å². The molecule has 7 nitrogen and oxygen atoms in total. The highest BCUT2D eigenvalue weighted by molar-refractivity contribution is 5.94. The third-order valence-corrected chi connectivity index (χ3v) is 4.37. The number of carbonyl (C=O) groups is 1. The zero-order chi connectivity index (χ0) is 16.4. The molecule has 0 bridgehead atoms. The van der Waals surface area contributed by atoms with Crippen molar-refractivity contribution in [3.8, 4) is 0 Å². The SMILES string of the molecule is COCc1nc(C2CCCCN2C(=O)c2c(C)ccn2C)n[nH]1. The van der Waals surface area contributed by atoms with Gasteiger partial charge in [0.25, 0.3) is 5.91 Å². The molecule has 3 heterocycles. The number of H-pyrrole nitrogens is 1. The third-order valence-electron chi connectivity index (χ3n) is 4.37. The van der Waals surface area contributed by atoms with E-state index in [1.54, 1.807) is 7.11 Å². The average molecular weight is 317 g/mol. The number of methoxy groups -OCH3 is 1. The molecule has 1 N–H and O–H groups in total. The second kappa shape index (κ2) is 6.54. The molecule has 1 saturated heterocycles. The summed E-state index contributed by atoms with van der Waals surface area (Å²) in [5.41, 5.74) is 1.74. The average Bonchev–Trinajstić information content (AvgIpc) is 3.14. The van der Waals surface area contributed by atoms with E-state index in [0.717, 1.165) is 37.1 Å². The lowest BCUT2D eigenvalue weighted by atomic mass is 10.0. The molecule has 0 spiro atoms. The standard InChI is InChI=1S/C16H23N5O2/c1-11-7-9-20(2)14(11)16(22)21-8-5-4-6-12(21)15-17-13(10-23-3)18-19-15/h7,9,12H,4-6,8,10H2,1-3H3,(H,17,18,19). The predicted molar refractivity (Wildman–Crippen MR) is 84.9 cm³/mol. The molecule has 1 atom stereocenters. The Morgan fingerprint density at radius 1 is 1.48 bits per heavy atom. The second-order valence-corrected chi connectivity index (χ2v) is 6.04. The van der Waals surface area contributed by atoms with Crippen LogP contribution in [0, 0.1) is 6.92 Å². The van der Waals surface area contributed by atoms with E-state index in [4.69, 9.17) is 4.74 Å². The number of nitrogens with zero attached hydrogens (tertiary/aromatic N) is 4. The lowest BCUT2D eigenvalue weighted by molar-refractivity contribution is 0.0589. The van der Waals surface area contributed by atoms with Gasteiger partial charge in [-0.2, -0.15) is 5.10 Å². The first-order valence-corrected chi connectivity index (χ1v) is 7.95. The highest BCUT2D eigenvalue weighted by atomic mass is 16.5. The zero-order valence-corrected chi connectivity index (χ0v) is 13.9. The van der Waals surface area contributed by atoms with Gasteiger partial charge >= 0.3 is 0 Å². The van der Waals surface area contributed by atoms with Crippen LogP contribution in [0.4, 0.5) is 0 Å². The van der Waals surface area contributed by atoms with E-state index in [1.807, 2.05) is 35.7 Å². The zero-order valence-electron chi connectivity index (χ0n) is 13.9. The van der Waals surface area contributed by atoms with Gasteiger partial charge in [0.05, 0.1) is 6.04 Å². The molecule has 1 aliphatic heterocycles. The highest BCUT2D eigenvalue weighted by Gasteiger charge is 2.32. The fourth-order valence-corrected chi connectivity index (χ4v) is 3.21. The Hall–Kier alpha value is -2.15. The van der Waals surface area contributed by atoms with Crippen LogP contribution in [0.5, 0.6) is 0 Å². The number of hydrogen-bond acceptors (Lipinski definition) is 4. The van der Waals surface area contributed by atoms with Gasteiger partial charge in [-0.25, -0.2) is 4.98 Å². The maximum absolute atomic E-state index is 13.0. The summed E-state index contributed by atoms with van der Waals surface area (Å²) in [6.45, 7) is 3.10. The van der Waals surface area contributed by atoms with Gasteiger partial charge in [0.1, 0.15) is 12.3 Å². The normalized spacial score (nSPS) is 18.4. The van der Waals surface area contributed by atoms with E-state index >= 15 is 0 Å². The number of amides is 1. The summed E-state index contributed by atoms with van der Waals surface area (Å²) in [5.74, 6) is 1.42. The van der Waals surface area contributed by atoms with E-state index in [-0.39, 0.29) is 11.9 Å². The Morgan fingerprint density at radius 3 is 3.00 bits per heavy atom. The summed E-state index contributed by atoms with van der Waals surface area (Å²) in [6, 6.07) is 1.89. The molecular weight excluding hydrogens is 294 g/mol. The first-order valence-electron chi connectivity index (χ1n) is 7.95. The first-order chi connectivity index (χ1) is 11.1. The monoisotopic (exact) mass is 317 g/mol. The molecule has 1 amide bonds. The van der Waals surface area contributed by atoms with E-state index < -0.39 is 0 Å². The first kappa shape index (κ1) is 15.7. The number of ether oxygens (including phenoxy) is 1. The van der Waals surface area contributed by atoms with Gasteiger partial charge in [-0.3, -0.25) is 9.89 Å². The lowest BCUT2D eigenvalue weighted by Gasteiger charge is -2.34. The molecule has 1 fully saturated rings. The number of aromatic amines is 1. The quantitative estimate of drug-likeness (QED) is 0.935. The van der Waals surface area contributed by atoms with Crippen LogP contribution in [-0.4, -0.2) is 44.2 Å². The summed E-state index contributed by atoms with van der Waals surface area (Å²) in [4.78, 5) is 19.4. The van der Waals surface area contributed by atoms with Gasteiger partial charge in [0, 0.05) is 26.9 Å².